The molecule has 1 N–H and O–H groups in total. The second-order valence-electron chi connectivity index (χ2n) is 4.59. The highest BCUT2D eigenvalue weighted by Gasteiger charge is 2.16. The van der Waals surface area contributed by atoms with Crippen molar-refractivity contribution in [2.45, 2.75) is 32.8 Å². The van der Waals surface area contributed by atoms with Crippen LogP contribution in [-0.2, 0) is 13.0 Å². The number of aromatic nitrogens is 4. The average molecular weight is 288 g/mol. The summed E-state index contributed by atoms with van der Waals surface area (Å²) in [6.07, 6.45) is 6.70. The Balaban J connectivity index is 2.05. The maximum atomic E-state index is 9.64. The molecule has 3 aromatic rings. The molecule has 0 spiro atoms. The van der Waals surface area contributed by atoms with E-state index in [9.17, 15) is 5.11 Å². The Hall–Kier alpha value is -1.79. The fraction of sp³-hybridized carbons (Fsp3) is 0.357. The van der Waals surface area contributed by atoms with Crippen molar-refractivity contribution < 1.29 is 5.11 Å². The average Bonchev–Trinajstić information content (AvgIpc) is 3.02. The monoisotopic (exact) mass is 288 g/mol. The lowest BCUT2D eigenvalue weighted by Gasteiger charge is -1.99. The number of aryl methyl sites for hydroxylation is 1. The molecule has 0 aromatic carbocycles. The SMILES string of the molecule is CCCCc1nn2c(CO)c(-c3ccncc3)nc2s1. The molecule has 0 unspecified atom stereocenters. The predicted octanol–water partition coefficient (Wildman–Crippen LogP) is 2.69. The number of pyridine rings is 1. The summed E-state index contributed by atoms with van der Waals surface area (Å²) < 4.78 is 1.77. The summed E-state index contributed by atoms with van der Waals surface area (Å²) in [7, 11) is 0. The standard InChI is InChI=1S/C14H16N4OS/c1-2-3-4-12-17-18-11(9-19)13(16-14(18)20-12)10-5-7-15-8-6-10/h5-8,19H,2-4,9H2,1H3. The van der Waals surface area contributed by atoms with E-state index in [1.165, 1.54) is 0 Å². The summed E-state index contributed by atoms with van der Waals surface area (Å²) in [6.45, 7) is 2.09. The third-order valence-electron chi connectivity index (χ3n) is 3.19. The van der Waals surface area contributed by atoms with Crippen LogP contribution in [0.3, 0.4) is 0 Å². The van der Waals surface area contributed by atoms with Crippen LogP contribution in [0, 0.1) is 0 Å². The van der Waals surface area contributed by atoms with E-state index in [4.69, 9.17) is 0 Å². The van der Waals surface area contributed by atoms with Gasteiger partial charge >= 0.3 is 0 Å². The van der Waals surface area contributed by atoms with Gasteiger partial charge in [0.1, 0.15) is 5.01 Å². The Morgan fingerprint density at radius 1 is 1.30 bits per heavy atom. The Kier molecular flexibility index (Phi) is 3.75. The van der Waals surface area contributed by atoms with E-state index in [0.29, 0.717) is 0 Å². The zero-order valence-corrected chi connectivity index (χ0v) is 12.1. The molecule has 104 valence electrons. The number of aliphatic hydroxyl groups is 1. The van der Waals surface area contributed by atoms with E-state index in [2.05, 4.69) is 22.0 Å². The minimum Gasteiger partial charge on any atom is -0.390 e. The minimum atomic E-state index is -0.0736. The molecule has 0 aliphatic carbocycles. The molecule has 0 fully saturated rings. The molecule has 0 bridgehead atoms. The molecule has 0 radical (unpaired) electrons. The maximum Gasteiger partial charge on any atom is 0.213 e. The van der Waals surface area contributed by atoms with Gasteiger partial charge < -0.3 is 5.11 Å². The quantitative estimate of drug-likeness (QED) is 0.784. The van der Waals surface area contributed by atoms with Gasteiger partial charge in [-0.2, -0.15) is 5.10 Å². The lowest BCUT2D eigenvalue weighted by atomic mass is 10.1. The highest BCUT2D eigenvalue weighted by molar-refractivity contribution is 7.16. The molecular weight excluding hydrogens is 272 g/mol. The van der Waals surface area contributed by atoms with Crippen molar-refractivity contribution in [3.8, 4) is 11.3 Å². The third kappa shape index (κ3) is 2.32. The summed E-state index contributed by atoms with van der Waals surface area (Å²) in [5, 5.41) is 15.3. The summed E-state index contributed by atoms with van der Waals surface area (Å²) in [6, 6.07) is 3.78. The zero-order valence-electron chi connectivity index (χ0n) is 11.3. The molecule has 20 heavy (non-hydrogen) atoms. The highest BCUT2D eigenvalue weighted by atomic mass is 32.1. The topological polar surface area (TPSA) is 63.3 Å². The van der Waals surface area contributed by atoms with Crippen LogP contribution in [0.15, 0.2) is 24.5 Å². The van der Waals surface area contributed by atoms with Crippen molar-refractivity contribution in [1.82, 2.24) is 19.6 Å². The van der Waals surface area contributed by atoms with E-state index < -0.39 is 0 Å². The second-order valence-corrected chi connectivity index (χ2v) is 5.64. The Labute approximate surface area is 120 Å². The number of fused-ring (bicyclic) bond motifs is 1. The van der Waals surface area contributed by atoms with Crippen LogP contribution in [0.25, 0.3) is 16.2 Å². The van der Waals surface area contributed by atoms with Gasteiger partial charge in [0, 0.05) is 24.4 Å². The Bertz CT molecular complexity index is 705. The number of rotatable bonds is 5. The molecule has 3 aromatic heterocycles. The van der Waals surface area contributed by atoms with Crippen LogP contribution in [0.4, 0.5) is 0 Å². The number of unbranched alkanes of at least 4 members (excludes halogenated alkanes) is 1. The van der Waals surface area contributed by atoms with Gasteiger partial charge in [-0.1, -0.05) is 24.7 Å². The Morgan fingerprint density at radius 3 is 2.80 bits per heavy atom. The van der Waals surface area contributed by atoms with Crippen LogP contribution < -0.4 is 0 Å². The molecule has 0 atom stereocenters. The largest absolute Gasteiger partial charge is 0.390 e. The summed E-state index contributed by atoms with van der Waals surface area (Å²) in [4.78, 5) is 9.46. The normalized spacial score (nSPS) is 11.3. The van der Waals surface area contributed by atoms with E-state index >= 15 is 0 Å². The molecule has 6 heteroatoms. The predicted molar refractivity (Wildman–Crippen MR) is 78.6 cm³/mol. The van der Waals surface area contributed by atoms with Gasteiger partial charge in [0.2, 0.25) is 4.96 Å². The van der Waals surface area contributed by atoms with Gasteiger partial charge in [0.05, 0.1) is 18.0 Å². The van der Waals surface area contributed by atoms with Gasteiger partial charge in [0.25, 0.3) is 0 Å². The first-order chi connectivity index (χ1) is 9.83. The number of aliphatic hydroxyl groups excluding tert-OH is 1. The van der Waals surface area contributed by atoms with Crippen molar-refractivity contribution in [1.29, 1.82) is 0 Å². The van der Waals surface area contributed by atoms with E-state index in [-0.39, 0.29) is 6.61 Å². The van der Waals surface area contributed by atoms with Crippen LogP contribution in [-0.4, -0.2) is 24.7 Å². The van der Waals surface area contributed by atoms with Crippen LogP contribution >= 0.6 is 11.3 Å². The van der Waals surface area contributed by atoms with Crippen molar-refractivity contribution in [2.75, 3.05) is 0 Å². The lowest BCUT2D eigenvalue weighted by Crippen LogP contribution is -1.97. The summed E-state index contributed by atoms with van der Waals surface area (Å²) >= 11 is 1.60. The molecule has 0 saturated heterocycles. The first kappa shape index (κ1) is 13.2. The molecule has 5 nitrogen and oxygen atoms in total. The summed E-state index contributed by atoms with van der Waals surface area (Å²) in [5.41, 5.74) is 2.48. The minimum absolute atomic E-state index is 0.0736. The van der Waals surface area contributed by atoms with Gasteiger partial charge in [-0.3, -0.25) is 4.98 Å². The molecular formula is C14H16N4OS. The third-order valence-corrected chi connectivity index (χ3v) is 4.15. The number of imidazole rings is 1. The molecule has 0 aliphatic rings. The van der Waals surface area contributed by atoms with Gasteiger partial charge in [-0.25, -0.2) is 9.50 Å². The number of hydrogen-bond acceptors (Lipinski definition) is 5. The first-order valence-electron chi connectivity index (χ1n) is 6.72. The fourth-order valence-corrected chi connectivity index (χ4v) is 3.10. The molecule has 0 aliphatic heterocycles. The van der Waals surface area contributed by atoms with Crippen LogP contribution in [0.5, 0.6) is 0 Å². The molecule has 3 rings (SSSR count). The van der Waals surface area contributed by atoms with E-state index in [0.717, 1.165) is 46.2 Å². The van der Waals surface area contributed by atoms with Crippen molar-refractivity contribution >= 4 is 16.3 Å². The van der Waals surface area contributed by atoms with Crippen LogP contribution in [0.1, 0.15) is 30.5 Å². The fourth-order valence-electron chi connectivity index (χ4n) is 2.14. The van der Waals surface area contributed by atoms with Crippen molar-refractivity contribution in [3.63, 3.8) is 0 Å². The van der Waals surface area contributed by atoms with Gasteiger partial charge in [-0.05, 0) is 18.6 Å². The smallest absolute Gasteiger partial charge is 0.213 e. The zero-order chi connectivity index (χ0) is 13.9. The Morgan fingerprint density at radius 2 is 2.10 bits per heavy atom. The van der Waals surface area contributed by atoms with Crippen molar-refractivity contribution in [3.05, 3.63) is 35.2 Å². The summed E-state index contributed by atoms with van der Waals surface area (Å²) in [5.74, 6) is 0. The molecule has 0 amide bonds. The molecule has 3 heterocycles. The van der Waals surface area contributed by atoms with Crippen LogP contribution in [0.2, 0.25) is 0 Å². The molecule has 0 saturated carbocycles. The second kappa shape index (κ2) is 5.68. The van der Waals surface area contributed by atoms with Gasteiger partial charge in [0.15, 0.2) is 0 Å². The maximum absolute atomic E-state index is 9.64. The van der Waals surface area contributed by atoms with E-state index in [1.807, 2.05) is 12.1 Å². The number of hydrogen-bond donors (Lipinski definition) is 1. The highest BCUT2D eigenvalue weighted by Crippen LogP contribution is 2.27. The van der Waals surface area contributed by atoms with Gasteiger partial charge in [-0.15, -0.1) is 0 Å². The number of nitrogens with zero attached hydrogens (tertiary/aromatic N) is 4. The van der Waals surface area contributed by atoms with E-state index in [1.54, 1.807) is 28.2 Å². The first-order valence-corrected chi connectivity index (χ1v) is 7.53. The lowest BCUT2D eigenvalue weighted by molar-refractivity contribution is 0.275. The van der Waals surface area contributed by atoms with Crippen molar-refractivity contribution in [2.24, 2.45) is 0 Å².